The monoisotopic (exact) mass is 485 g/mol. The number of ketones is 1. The van der Waals surface area contributed by atoms with Crippen molar-refractivity contribution in [2.45, 2.75) is 31.8 Å². The standard InChI is InChI=1S/C20H21BrFNO5S/c1-4-23(5-2)29(26,27)16-10-11-18(22)17(12-16)20(25)28-13(3)19(24)14-6-8-15(21)9-7-14/h6-13H,4-5H2,1-3H3. The van der Waals surface area contributed by atoms with Gasteiger partial charge in [0.15, 0.2) is 6.10 Å². The van der Waals surface area contributed by atoms with Crippen LogP contribution in [0.2, 0.25) is 0 Å². The van der Waals surface area contributed by atoms with E-state index in [0.29, 0.717) is 5.56 Å². The van der Waals surface area contributed by atoms with Crippen molar-refractivity contribution in [1.82, 2.24) is 4.31 Å². The molecule has 0 aliphatic heterocycles. The third-order valence-corrected chi connectivity index (χ3v) is 6.86. The van der Waals surface area contributed by atoms with Crippen LogP contribution in [0.5, 0.6) is 0 Å². The van der Waals surface area contributed by atoms with Gasteiger partial charge < -0.3 is 4.74 Å². The maximum atomic E-state index is 14.2. The maximum absolute atomic E-state index is 14.2. The fourth-order valence-electron chi connectivity index (χ4n) is 2.66. The molecule has 0 aliphatic rings. The van der Waals surface area contributed by atoms with E-state index in [9.17, 15) is 22.4 Å². The molecule has 29 heavy (non-hydrogen) atoms. The summed E-state index contributed by atoms with van der Waals surface area (Å²) in [5.41, 5.74) is -0.222. The molecule has 0 radical (unpaired) electrons. The third-order valence-electron chi connectivity index (χ3n) is 4.28. The van der Waals surface area contributed by atoms with Crippen LogP contribution in [-0.4, -0.2) is 43.7 Å². The van der Waals surface area contributed by atoms with Crippen molar-refractivity contribution in [1.29, 1.82) is 0 Å². The SMILES string of the molecule is CCN(CC)S(=O)(=O)c1ccc(F)c(C(=O)OC(C)C(=O)c2ccc(Br)cc2)c1. The Bertz CT molecular complexity index is 1000. The Morgan fingerprint density at radius 2 is 1.69 bits per heavy atom. The molecule has 0 N–H and O–H groups in total. The Morgan fingerprint density at radius 3 is 2.24 bits per heavy atom. The number of esters is 1. The Morgan fingerprint density at radius 1 is 1.10 bits per heavy atom. The summed E-state index contributed by atoms with van der Waals surface area (Å²) >= 11 is 3.26. The molecule has 156 valence electrons. The molecule has 0 saturated carbocycles. The summed E-state index contributed by atoms with van der Waals surface area (Å²) < 4.78 is 46.5. The van der Waals surface area contributed by atoms with Crippen LogP contribution in [0.1, 0.15) is 41.5 Å². The lowest BCUT2D eigenvalue weighted by Gasteiger charge is -2.19. The zero-order valence-electron chi connectivity index (χ0n) is 16.2. The Hall–Kier alpha value is -2.10. The Balaban J connectivity index is 2.26. The van der Waals surface area contributed by atoms with Crippen molar-refractivity contribution in [2.24, 2.45) is 0 Å². The van der Waals surface area contributed by atoms with E-state index in [1.54, 1.807) is 38.1 Å². The second-order valence-corrected chi connectivity index (χ2v) is 9.00. The molecular formula is C20H21BrFNO5S. The summed E-state index contributed by atoms with van der Waals surface area (Å²) in [6.45, 7) is 5.18. The van der Waals surface area contributed by atoms with Gasteiger partial charge in [-0.2, -0.15) is 4.31 Å². The number of hydrogen-bond acceptors (Lipinski definition) is 5. The predicted octanol–water partition coefficient (Wildman–Crippen LogP) is 4.05. The second-order valence-electron chi connectivity index (χ2n) is 6.15. The maximum Gasteiger partial charge on any atom is 0.341 e. The fourth-order valence-corrected chi connectivity index (χ4v) is 4.41. The van der Waals surface area contributed by atoms with Gasteiger partial charge in [-0.1, -0.05) is 41.9 Å². The van der Waals surface area contributed by atoms with Gasteiger partial charge in [0.2, 0.25) is 15.8 Å². The van der Waals surface area contributed by atoms with E-state index in [1.807, 2.05) is 0 Å². The fraction of sp³-hybridized carbons (Fsp3) is 0.300. The van der Waals surface area contributed by atoms with E-state index in [4.69, 9.17) is 4.74 Å². The summed E-state index contributed by atoms with van der Waals surface area (Å²) in [6.07, 6.45) is -1.17. The summed E-state index contributed by atoms with van der Waals surface area (Å²) in [6, 6.07) is 9.39. The first-order chi connectivity index (χ1) is 13.6. The average molecular weight is 486 g/mol. The van der Waals surface area contributed by atoms with Gasteiger partial charge in [0.05, 0.1) is 10.5 Å². The molecule has 9 heteroatoms. The molecular weight excluding hydrogens is 465 g/mol. The van der Waals surface area contributed by atoms with E-state index in [1.165, 1.54) is 11.2 Å². The van der Waals surface area contributed by atoms with Gasteiger partial charge in [0.1, 0.15) is 5.82 Å². The van der Waals surface area contributed by atoms with Crippen molar-refractivity contribution in [2.75, 3.05) is 13.1 Å². The van der Waals surface area contributed by atoms with E-state index < -0.39 is 39.3 Å². The van der Waals surface area contributed by atoms with Crippen LogP contribution < -0.4 is 0 Å². The zero-order valence-corrected chi connectivity index (χ0v) is 18.6. The van der Waals surface area contributed by atoms with Crippen LogP contribution in [0.25, 0.3) is 0 Å². The molecule has 2 aromatic carbocycles. The zero-order chi connectivity index (χ0) is 21.8. The van der Waals surface area contributed by atoms with Gasteiger partial charge in [-0.05, 0) is 37.3 Å². The minimum atomic E-state index is -3.88. The van der Waals surface area contributed by atoms with Crippen LogP contribution >= 0.6 is 15.9 Å². The van der Waals surface area contributed by atoms with Crippen molar-refractivity contribution in [3.8, 4) is 0 Å². The van der Waals surface area contributed by atoms with Crippen LogP contribution in [0.4, 0.5) is 4.39 Å². The van der Waals surface area contributed by atoms with Crippen molar-refractivity contribution < 1.29 is 27.1 Å². The number of Topliss-reactive ketones (excluding diaryl/α,β-unsaturated/α-hetero) is 1. The van der Waals surface area contributed by atoms with Crippen molar-refractivity contribution in [3.63, 3.8) is 0 Å². The number of carbonyl (C=O) groups is 2. The summed E-state index contributed by atoms with van der Waals surface area (Å²) in [5, 5.41) is 0. The predicted molar refractivity (Wildman–Crippen MR) is 110 cm³/mol. The highest BCUT2D eigenvalue weighted by molar-refractivity contribution is 9.10. The highest BCUT2D eigenvalue weighted by Crippen LogP contribution is 2.21. The first-order valence-corrected chi connectivity index (χ1v) is 11.2. The number of ether oxygens (including phenoxy) is 1. The highest BCUT2D eigenvalue weighted by Gasteiger charge is 2.26. The Kier molecular flexibility index (Phi) is 7.67. The van der Waals surface area contributed by atoms with Crippen LogP contribution in [0.15, 0.2) is 51.8 Å². The third kappa shape index (κ3) is 5.29. The van der Waals surface area contributed by atoms with Gasteiger partial charge >= 0.3 is 5.97 Å². The molecule has 0 bridgehead atoms. The molecule has 2 rings (SSSR count). The smallest absolute Gasteiger partial charge is 0.341 e. The van der Waals surface area contributed by atoms with Crippen molar-refractivity contribution >= 4 is 37.7 Å². The number of hydrogen-bond donors (Lipinski definition) is 0. The highest BCUT2D eigenvalue weighted by atomic mass is 79.9. The number of halogens is 2. The lowest BCUT2D eigenvalue weighted by molar-refractivity contribution is 0.0314. The lowest BCUT2D eigenvalue weighted by atomic mass is 10.1. The normalized spacial score (nSPS) is 12.6. The van der Waals surface area contributed by atoms with E-state index in [-0.39, 0.29) is 18.0 Å². The van der Waals surface area contributed by atoms with Crippen LogP contribution in [-0.2, 0) is 14.8 Å². The molecule has 0 aliphatic carbocycles. The molecule has 0 amide bonds. The average Bonchev–Trinajstić information content (AvgIpc) is 2.68. The minimum Gasteiger partial charge on any atom is -0.451 e. The molecule has 0 spiro atoms. The first-order valence-electron chi connectivity index (χ1n) is 8.92. The van der Waals surface area contributed by atoms with E-state index in [0.717, 1.165) is 22.7 Å². The van der Waals surface area contributed by atoms with Crippen molar-refractivity contribution in [3.05, 3.63) is 63.9 Å². The molecule has 6 nitrogen and oxygen atoms in total. The summed E-state index contributed by atoms with van der Waals surface area (Å²) in [5.74, 6) is -2.51. The largest absolute Gasteiger partial charge is 0.451 e. The number of carbonyl (C=O) groups excluding carboxylic acids is 2. The van der Waals surface area contributed by atoms with Crippen LogP contribution in [0.3, 0.4) is 0 Å². The summed E-state index contributed by atoms with van der Waals surface area (Å²) in [4.78, 5) is 24.6. The number of sulfonamides is 1. The quantitative estimate of drug-likeness (QED) is 0.416. The molecule has 0 saturated heterocycles. The number of rotatable bonds is 8. The molecule has 2 aromatic rings. The van der Waals surface area contributed by atoms with Gasteiger partial charge in [-0.25, -0.2) is 17.6 Å². The minimum absolute atomic E-state index is 0.221. The van der Waals surface area contributed by atoms with Gasteiger partial charge in [0, 0.05) is 23.1 Å². The molecule has 0 heterocycles. The first kappa shape index (κ1) is 23.2. The molecule has 0 aromatic heterocycles. The number of benzene rings is 2. The molecule has 1 unspecified atom stereocenters. The second kappa shape index (κ2) is 9.60. The topological polar surface area (TPSA) is 80.8 Å². The van der Waals surface area contributed by atoms with Crippen LogP contribution in [0, 0.1) is 5.82 Å². The summed E-state index contributed by atoms with van der Waals surface area (Å²) in [7, 11) is -3.88. The van der Waals surface area contributed by atoms with Gasteiger partial charge in [-0.15, -0.1) is 0 Å². The van der Waals surface area contributed by atoms with Gasteiger partial charge in [-0.3, -0.25) is 4.79 Å². The van der Waals surface area contributed by atoms with E-state index in [2.05, 4.69) is 15.9 Å². The Labute approximate surface area is 177 Å². The lowest BCUT2D eigenvalue weighted by Crippen LogP contribution is -2.31. The van der Waals surface area contributed by atoms with E-state index >= 15 is 0 Å². The molecule has 1 atom stereocenters. The van der Waals surface area contributed by atoms with Gasteiger partial charge in [0.25, 0.3) is 0 Å². The number of nitrogens with zero attached hydrogens (tertiary/aromatic N) is 1. The molecule has 0 fully saturated rings.